The first kappa shape index (κ1) is 15.6. The number of methoxy groups -OCH3 is 1. The molecule has 0 aliphatic carbocycles. The second kappa shape index (κ2) is 6.77. The maximum atomic E-state index is 12.0. The number of carbonyl (C=O) groups is 2. The van der Waals surface area contributed by atoms with Crippen LogP contribution in [0.2, 0.25) is 0 Å². The highest BCUT2D eigenvalue weighted by Crippen LogP contribution is 2.21. The number of esters is 1. The molecule has 21 heavy (non-hydrogen) atoms. The highest BCUT2D eigenvalue weighted by molar-refractivity contribution is 5.94. The number of rotatable bonds is 4. The first-order chi connectivity index (χ1) is 10.1. The summed E-state index contributed by atoms with van der Waals surface area (Å²) >= 11 is 0. The van der Waals surface area contributed by atoms with Gasteiger partial charge in [-0.15, -0.1) is 0 Å². The number of hydrogen-bond donors (Lipinski definition) is 2. The molecule has 7 nitrogen and oxygen atoms in total. The van der Waals surface area contributed by atoms with Crippen molar-refractivity contribution >= 4 is 11.8 Å². The summed E-state index contributed by atoms with van der Waals surface area (Å²) in [6.07, 6.45) is -5.24. The second-order valence-corrected chi connectivity index (χ2v) is 4.50. The van der Waals surface area contributed by atoms with E-state index in [0.29, 0.717) is 0 Å². The van der Waals surface area contributed by atoms with Crippen molar-refractivity contribution in [3.05, 3.63) is 35.9 Å². The second-order valence-electron chi connectivity index (χ2n) is 4.50. The lowest BCUT2D eigenvalue weighted by Crippen LogP contribution is -2.57. The van der Waals surface area contributed by atoms with Crippen LogP contribution in [0.5, 0.6) is 0 Å². The zero-order valence-electron chi connectivity index (χ0n) is 11.3. The largest absolute Gasteiger partial charge is 0.445 e. The molecule has 1 heterocycles. The van der Waals surface area contributed by atoms with Gasteiger partial charge in [-0.2, -0.15) is 0 Å². The minimum atomic E-state index is -1.57. The van der Waals surface area contributed by atoms with Crippen LogP contribution in [0, 0.1) is 0 Å². The van der Waals surface area contributed by atoms with E-state index in [-0.39, 0.29) is 5.56 Å². The van der Waals surface area contributed by atoms with Crippen LogP contribution in [0.3, 0.4) is 0 Å². The van der Waals surface area contributed by atoms with Crippen LogP contribution in [-0.4, -0.2) is 60.3 Å². The van der Waals surface area contributed by atoms with Gasteiger partial charge >= 0.3 is 5.97 Å². The molecule has 0 saturated carbocycles. The Morgan fingerprint density at radius 2 is 2.00 bits per heavy atom. The van der Waals surface area contributed by atoms with Crippen molar-refractivity contribution < 1.29 is 34.0 Å². The molecule has 7 heteroatoms. The molecule has 1 aromatic rings. The Balaban J connectivity index is 2.13. The minimum absolute atomic E-state index is 0.263. The van der Waals surface area contributed by atoms with Crippen LogP contribution in [-0.2, 0) is 19.0 Å². The third-order valence-electron chi connectivity index (χ3n) is 3.14. The van der Waals surface area contributed by atoms with Crippen molar-refractivity contribution in [2.24, 2.45) is 0 Å². The van der Waals surface area contributed by atoms with Crippen molar-refractivity contribution in [3.63, 3.8) is 0 Å². The number of ether oxygens (including phenoxy) is 3. The lowest BCUT2D eigenvalue weighted by molar-refractivity contribution is -0.247. The van der Waals surface area contributed by atoms with E-state index in [4.69, 9.17) is 19.3 Å². The van der Waals surface area contributed by atoms with Gasteiger partial charge in [0.1, 0.15) is 12.2 Å². The van der Waals surface area contributed by atoms with Crippen LogP contribution in [0.4, 0.5) is 0 Å². The molecule has 0 spiro atoms. The molecule has 0 amide bonds. The molecule has 1 aliphatic rings. The molecule has 0 aromatic heterocycles. The molecule has 4 atom stereocenters. The van der Waals surface area contributed by atoms with Gasteiger partial charge in [0.05, 0.1) is 12.2 Å². The maximum absolute atomic E-state index is 12.0. The van der Waals surface area contributed by atoms with Crippen molar-refractivity contribution in [2.75, 3.05) is 13.7 Å². The van der Waals surface area contributed by atoms with Crippen molar-refractivity contribution in [1.82, 2.24) is 0 Å². The van der Waals surface area contributed by atoms with Gasteiger partial charge in [0.25, 0.3) is 0 Å². The summed E-state index contributed by atoms with van der Waals surface area (Å²) in [4.78, 5) is 24.0. The molecule has 1 fully saturated rings. The zero-order chi connectivity index (χ0) is 15.4. The first-order valence-electron chi connectivity index (χ1n) is 6.35. The Bertz CT molecular complexity index is 501. The number of hydrogen-bond acceptors (Lipinski definition) is 7. The molecule has 1 saturated heterocycles. The van der Waals surface area contributed by atoms with Crippen molar-refractivity contribution in [2.45, 2.75) is 24.6 Å². The van der Waals surface area contributed by atoms with Gasteiger partial charge in [-0.25, -0.2) is 4.79 Å². The van der Waals surface area contributed by atoms with Gasteiger partial charge in [-0.3, -0.25) is 4.79 Å². The fourth-order valence-electron chi connectivity index (χ4n) is 2.00. The van der Waals surface area contributed by atoms with E-state index in [1.165, 1.54) is 19.2 Å². The average Bonchev–Trinajstić information content (AvgIpc) is 2.53. The fourth-order valence-corrected chi connectivity index (χ4v) is 2.00. The summed E-state index contributed by atoms with van der Waals surface area (Å²) in [6.45, 7) is -0.549. The Labute approximate surface area is 121 Å². The van der Waals surface area contributed by atoms with Crippen molar-refractivity contribution in [3.8, 4) is 0 Å². The van der Waals surface area contributed by atoms with E-state index < -0.39 is 43.0 Å². The Kier molecular flexibility index (Phi) is 5.03. The molecular weight excluding hydrogens is 280 g/mol. The third-order valence-corrected chi connectivity index (χ3v) is 3.14. The van der Waals surface area contributed by atoms with E-state index >= 15 is 0 Å². The highest BCUT2D eigenvalue weighted by atomic mass is 16.7. The molecular formula is C14H16O7. The van der Waals surface area contributed by atoms with Gasteiger partial charge in [-0.1, -0.05) is 18.2 Å². The van der Waals surface area contributed by atoms with Crippen LogP contribution in [0.15, 0.2) is 30.3 Å². The fraction of sp³-hybridized carbons (Fsp3) is 0.429. The molecule has 2 N–H and O–H groups in total. The minimum Gasteiger partial charge on any atom is -0.445 e. The summed E-state index contributed by atoms with van der Waals surface area (Å²) in [7, 11) is 1.27. The summed E-state index contributed by atoms with van der Waals surface area (Å²) < 4.78 is 15.2. The van der Waals surface area contributed by atoms with E-state index in [2.05, 4.69) is 0 Å². The standard InChI is InChI=1S/C14H16O7/c1-19-14-12(11(17)10(16)9(7-15)20-14)21-13(18)8-5-3-2-4-6-8/h2-6,9-10,12,14-16H,7H2,1H3/t9-,10-,12-,14+/m1/s1. The van der Waals surface area contributed by atoms with Gasteiger partial charge in [0, 0.05) is 7.11 Å². The summed E-state index contributed by atoms with van der Waals surface area (Å²) in [5.41, 5.74) is 0.263. The van der Waals surface area contributed by atoms with Crippen molar-refractivity contribution in [1.29, 1.82) is 0 Å². The lowest BCUT2D eigenvalue weighted by Gasteiger charge is -2.36. The summed E-state index contributed by atoms with van der Waals surface area (Å²) in [5.74, 6) is -1.49. The smallest absolute Gasteiger partial charge is 0.339 e. The van der Waals surface area contributed by atoms with E-state index in [1.807, 2.05) is 0 Å². The number of Topliss-reactive ketones (excluding diaryl/α,β-unsaturated/α-hetero) is 1. The molecule has 2 rings (SSSR count). The third kappa shape index (κ3) is 3.27. The van der Waals surface area contributed by atoms with Crippen LogP contribution >= 0.6 is 0 Å². The summed E-state index contributed by atoms with van der Waals surface area (Å²) in [6, 6.07) is 8.11. The van der Waals surface area contributed by atoms with Gasteiger partial charge in [-0.05, 0) is 12.1 Å². The van der Waals surface area contributed by atoms with E-state index in [1.54, 1.807) is 18.2 Å². The number of aliphatic hydroxyl groups is 2. The zero-order valence-corrected chi connectivity index (χ0v) is 11.3. The number of benzene rings is 1. The van der Waals surface area contributed by atoms with Gasteiger partial charge in [0.15, 0.2) is 0 Å². The highest BCUT2D eigenvalue weighted by Gasteiger charge is 2.46. The van der Waals surface area contributed by atoms with Gasteiger partial charge in [0.2, 0.25) is 18.2 Å². The molecule has 1 aromatic carbocycles. The molecule has 0 bridgehead atoms. The predicted molar refractivity (Wildman–Crippen MR) is 69.4 cm³/mol. The normalized spacial score (nSPS) is 29.2. The Morgan fingerprint density at radius 1 is 1.33 bits per heavy atom. The molecule has 0 unspecified atom stereocenters. The van der Waals surface area contributed by atoms with Crippen LogP contribution in [0.25, 0.3) is 0 Å². The summed E-state index contributed by atoms with van der Waals surface area (Å²) in [5, 5.41) is 18.8. The quantitative estimate of drug-likeness (QED) is 0.722. The lowest BCUT2D eigenvalue weighted by atomic mass is 10.0. The number of aliphatic hydroxyl groups excluding tert-OH is 2. The van der Waals surface area contributed by atoms with E-state index in [0.717, 1.165) is 0 Å². The van der Waals surface area contributed by atoms with Crippen LogP contribution in [0.1, 0.15) is 10.4 Å². The Hall–Kier alpha value is -1.80. The topological polar surface area (TPSA) is 102 Å². The maximum Gasteiger partial charge on any atom is 0.339 e. The molecule has 0 radical (unpaired) electrons. The van der Waals surface area contributed by atoms with E-state index in [9.17, 15) is 14.7 Å². The van der Waals surface area contributed by atoms with Crippen LogP contribution < -0.4 is 0 Å². The monoisotopic (exact) mass is 296 g/mol. The predicted octanol–water partition coefficient (Wildman–Crippen LogP) is -0.494. The average molecular weight is 296 g/mol. The Morgan fingerprint density at radius 3 is 2.57 bits per heavy atom. The SMILES string of the molecule is CO[C@H]1O[C@H](CO)[C@@H](O)C(=O)[C@H]1OC(=O)c1ccccc1. The number of ketones is 1. The van der Waals surface area contributed by atoms with Gasteiger partial charge < -0.3 is 24.4 Å². The number of carbonyl (C=O) groups excluding carboxylic acids is 2. The molecule has 114 valence electrons. The molecule has 1 aliphatic heterocycles. The first-order valence-corrected chi connectivity index (χ1v) is 6.35.